The number of likely N-dealkylation sites (tertiary alicyclic amines) is 1. The van der Waals surface area contributed by atoms with E-state index in [0.717, 1.165) is 23.3 Å². The molecule has 0 radical (unpaired) electrons. The number of nitrogens with one attached hydrogen (secondary N) is 3. The third-order valence-corrected chi connectivity index (χ3v) is 15.0. The maximum absolute atomic E-state index is 14.6. The molecule has 4 aromatic rings. The first kappa shape index (κ1) is 66.1. The van der Waals surface area contributed by atoms with Crippen LogP contribution < -0.4 is 49.1 Å². The molecule has 2 fully saturated rings. The number of nitrogens with zero attached hydrogens (tertiary/aromatic N) is 2. The number of hydrogen-bond donors (Lipinski definition) is 3. The Balaban J connectivity index is 0.803. The SMILES string of the molecule is CCC(C(=O)N1CCCCC1C(=O)OC(CCc1ccc(OC)c(OC)c1)c1ccccc1OCC(=O)NCCCOCCOCCOCCCNC(=O)COc1cccc2c1C(=O)N(C1CCC(=O)NC1=O)C2=O)c1cc(OC)c(OC)c(OC)c1. The van der Waals surface area contributed by atoms with Crippen molar-refractivity contribution in [3.8, 4) is 40.2 Å². The van der Waals surface area contributed by atoms with E-state index in [1.165, 1.54) is 39.5 Å². The van der Waals surface area contributed by atoms with Crippen molar-refractivity contribution in [2.45, 2.75) is 95.2 Å². The Labute approximate surface area is 506 Å². The van der Waals surface area contributed by atoms with Crippen LogP contribution in [0.5, 0.6) is 40.2 Å². The number of imide groups is 2. The second-order valence-electron chi connectivity index (χ2n) is 20.6. The van der Waals surface area contributed by atoms with Crippen LogP contribution in [0.1, 0.15) is 114 Å². The van der Waals surface area contributed by atoms with Gasteiger partial charge in [-0.2, -0.15) is 0 Å². The Morgan fingerprint density at radius 2 is 1.26 bits per heavy atom. The Kier molecular flexibility index (Phi) is 25.4. The largest absolute Gasteiger partial charge is 0.493 e. The van der Waals surface area contributed by atoms with Gasteiger partial charge in [-0.15, -0.1) is 0 Å². The molecule has 3 heterocycles. The summed E-state index contributed by atoms with van der Waals surface area (Å²) in [6.07, 6.45) is 3.31. The number of methoxy groups -OCH3 is 5. The van der Waals surface area contributed by atoms with Crippen molar-refractivity contribution < 1.29 is 90.5 Å². The Morgan fingerprint density at radius 3 is 1.89 bits per heavy atom. The Bertz CT molecular complexity index is 3020. The zero-order chi connectivity index (χ0) is 62.2. The summed E-state index contributed by atoms with van der Waals surface area (Å²) >= 11 is 0. The van der Waals surface area contributed by atoms with Crippen molar-refractivity contribution in [3.63, 3.8) is 0 Å². The number of ether oxygens (including phenoxy) is 11. The van der Waals surface area contributed by atoms with Crippen LogP contribution in [0.15, 0.2) is 72.8 Å². The van der Waals surface area contributed by atoms with Crippen molar-refractivity contribution in [2.24, 2.45) is 0 Å². The van der Waals surface area contributed by atoms with Crippen LogP contribution in [0, 0.1) is 0 Å². The lowest BCUT2D eigenvalue weighted by Gasteiger charge is -2.37. The molecule has 0 aromatic heterocycles. The number of carbonyl (C=O) groups is 8. The first-order valence-corrected chi connectivity index (χ1v) is 29.2. The molecule has 24 heteroatoms. The van der Waals surface area contributed by atoms with Gasteiger partial charge >= 0.3 is 5.97 Å². The number of piperidine rings is 2. The highest BCUT2D eigenvalue weighted by atomic mass is 16.6. The van der Waals surface area contributed by atoms with Gasteiger partial charge in [-0.05, 0) is 111 Å². The highest BCUT2D eigenvalue weighted by Gasteiger charge is 2.46. The van der Waals surface area contributed by atoms with Crippen molar-refractivity contribution in [3.05, 3.63) is 101 Å². The molecule has 87 heavy (non-hydrogen) atoms. The molecule has 4 unspecified atom stereocenters. The van der Waals surface area contributed by atoms with Gasteiger partial charge in [0.25, 0.3) is 23.6 Å². The molecule has 0 aliphatic carbocycles. The molecule has 3 aliphatic rings. The van der Waals surface area contributed by atoms with Crippen molar-refractivity contribution >= 4 is 47.3 Å². The number of amides is 7. The molecule has 4 atom stereocenters. The van der Waals surface area contributed by atoms with E-state index in [4.69, 9.17) is 52.1 Å². The molecule has 0 bridgehead atoms. The summed E-state index contributed by atoms with van der Waals surface area (Å²) in [5, 5.41) is 7.73. The summed E-state index contributed by atoms with van der Waals surface area (Å²) in [4.78, 5) is 108. The second kappa shape index (κ2) is 33.4. The normalized spacial score (nSPS) is 16.3. The van der Waals surface area contributed by atoms with Gasteiger partial charge in [0, 0.05) is 44.8 Å². The monoisotopic (exact) mass is 1210 g/mol. The van der Waals surface area contributed by atoms with E-state index in [-0.39, 0.29) is 48.1 Å². The third-order valence-electron chi connectivity index (χ3n) is 15.0. The minimum absolute atomic E-state index is 0.00691. The van der Waals surface area contributed by atoms with Gasteiger partial charge in [0.2, 0.25) is 23.5 Å². The van der Waals surface area contributed by atoms with Crippen LogP contribution in [0.4, 0.5) is 0 Å². The van der Waals surface area contributed by atoms with E-state index < -0.39 is 66.2 Å². The summed E-state index contributed by atoms with van der Waals surface area (Å²) < 4.78 is 62.8. The molecule has 24 nitrogen and oxygen atoms in total. The number of rotatable bonds is 35. The summed E-state index contributed by atoms with van der Waals surface area (Å²) in [5.74, 6) is -2.02. The van der Waals surface area contributed by atoms with Gasteiger partial charge in [0.15, 0.2) is 36.2 Å². The lowest BCUT2D eigenvalue weighted by atomic mass is 9.91. The van der Waals surface area contributed by atoms with Crippen LogP contribution in [0.3, 0.4) is 0 Å². The molecule has 0 saturated carbocycles. The lowest BCUT2D eigenvalue weighted by Crippen LogP contribution is -2.54. The molecule has 2 saturated heterocycles. The maximum atomic E-state index is 14.6. The average Bonchev–Trinajstić information content (AvgIpc) is 1.77. The van der Waals surface area contributed by atoms with Crippen LogP contribution >= 0.6 is 0 Å². The molecule has 3 N–H and O–H groups in total. The smallest absolute Gasteiger partial charge is 0.329 e. The predicted octanol–water partition coefficient (Wildman–Crippen LogP) is 5.44. The van der Waals surface area contributed by atoms with Gasteiger partial charge < -0.3 is 67.6 Å². The molecular weight excluding hydrogens is 1130 g/mol. The number of benzene rings is 4. The minimum atomic E-state index is -1.12. The van der Waals surface area contributed by atoms with E-state index >= 15 is 0 Å². The standard InChI is InChI=1S/C63H79N5O19/c1-7-42(41-36-52(79-4)58(81-6)53(37-41)80-5)60(73)67-28-11-10-17-46(67)63(76)87-48(23-20-40-21-24-49(77-2)51(35-40)78-3)43-15-8-9-18-47(43)85-38-55(70)64-26-13-29-82-31-33-84-34-32-83-30-14-27-65-56(71)39-86-50-19-12-16-44-57(50)62(75)68(61(44)74)45-22-25-54(69)66-59(45)72/h8-9,12,15-16,18-19,21,24,35-37,42,45-46,48H,7,10-11,13-14,17,20,22-23,25-34,38-39H2,1-6H3,(H,64,70)(H,65,71)(H,66,69,72). The number of aryl methyl sites for hydroxylation is 1. The summed E-state index contributed by atoms with van der Waals surface area (Å²) in [7, 11) is 7.68. The van der Waals surface area contributed by atoms with Crippen LogP contribution in [0.25, 0.3) is 0 Å². The molecule has 470 valence electrons. The highest BCUT2D eigenvalue weighted by Crippen LogP contribution is 2.42. The molecular formula is C63H79N5O19. The third kappa shape index (κ3) is 17.6. The maximum Gasteiger partial charge on any atom is 0.329 e. The first-order chi connectivity index (χ1) is 42.2. The molecule has 3 aliphatic heterocycles. The highest BCUT2D eigenvalue weighted by molar-refractivity contribution is 6.24. The Hall–Kier alpha value is -8.48. The summed E-state index contributed by atoms with van der Waals surface area (Å²) in [6, 6.07) is 18.7. The predicted molar refractivity (Wildman–Crippen MR) is 313 cm³/mol. The quantitative estimate of drug-likeness (QED) is 0.0294. The summed E-state index contributed by atoms with van der Waals surface area (Å²) in [6.45, 7) is 4.22. The van der Waals surface area contributed by atoms with Crippen molar-refractivity contribution in [1.82, 2.24) is 25.8 Å². The van der Waals surface area contributed by atoms with Crippen molar-refractivity contribution in [2.75, 3.05) is 108 Å². The summed E-state index contributed by atoms with van der Waals surface area (Å²) in [5.41, 5.74) is 2.14. The number of esters is 1. The van der Waals surface area contributed by atoms with E-state index in [9.17, 15) is 38.4 Å². The topological polar surface area (TPSA) is 281 Å². The fraction of sp³-hybridized carbons (Fsp3) is 0.492. The lowest BCUT2D eigenvalue weighted by molar-refractivity contribution is -0.162. The minimum Gasteiger partial charge on any atom is -0.493 e. The zero-order valence-corrected chi connectivity index (χ0v) is 50.2. The zero-order valence-electron chi connectivity index (χ0n) is 50.2. The molecule has 0 spiro atoms. The van der Waals surface area contributed by atoms with Gasteiger partial charge in [-0.3, -0.25) is 43.8 Å². The van der Waals surface area contributed by atoms with E-state index in [1.807, 2.05) is 31.2 Å². The van der Waals surface area contributed by atoms with E-state index in [2.05, 4.69) is 16.0 Å². The van der Waals surface area contributed by atoms with E-state index in [1.54, 1.807) is 49.5 Å². The van der Waals surface area contributed by atoms with Gasteiger partial charge in [-0.1, -0.05) is 37.3 Å². The first-order valence-electron chi connectivity index (χ1n) is 29.2. The van der Waals surface area contributed by atoms with Crippen LogP contribution in [-0.4, -0.2) is 177 Å². The fourth-order valence-electron chi connectivity index (χ4n) is 10.5. The molecule has 4 aromatic carbocycles. The second-order valence-corrected chi connectivity index (χ2v) is 20.6. The van der Waals surface area contributed by atoms with Gasteiger partial charge in [-0.25, -0.2) is 4.79 Å². The number of para-hydroxylation sites is 1. The molecule has 7 rings (SSSR count). The average molecular weight is 1210 g/mol. The molecule has 7 amide bonds. The Morgan fingerprint density at radius 1 is 0.644 bits per heavy atom. The van der Waals surface area contributed by atoms with Gasteiger partial charge in [0.05, 0.1) is 79.0 Å². The number of fused-ring (bicyclic) bond motifs is 1. The fourth-order valence-corrected chi connectivity index (χ4v) is 10.5. The van der Waals surface area contributed by atoms with E-state index in [0.29, 0.717) is 143 Å². The van der Waals surface area contributed by atoms with Crippen LogP contribution in [-0.2, 0) is 54.1 Å². The number of carbonyl (C=O) groups excluding carboxylic acids is 8. The number of hydrogen-bond acceptors (Lipinski definition) is 19. The van der Waals surface area contributed by atoms with Gasteiger partial charge in [0.1, 0.15) is 29.7 Å². The van der Waals surface area contributed by atoms with Crippen molar-refractivity contribution in [1.29, 1.82) is 0 Å². The van der Waals surface area contributed by atoms with Crippen LogP contribution in [0.2, 0.25) is 0 Å².